The van der Waals surface area contributed by atoms with Gasteiger partial charge in [0, 0.05) is 12.2 Å². The van der Waals surface area contributed by atoms with Crippen LogP contribution in [0.4, 0.5) is 10.1 Å². The molecule has 0 radical (unpaired) electrons. The Hall–Kier alpha value is -1.94. The monoisotopic (exact) mass is 316 g/mol. The minimum atomic E-state index is -0.209. The summed E-state index contributed by atoms with van der Waals surface area (Å²) in [6, 6.07) is 14.7. The van der Waals surface area contributed by atoms with E-state index >= 15 is 0 Å². The van der Waals surface area contributed by atoms with Crippen molar-refractivity contribution < 1.29 is 4.39 Å². The lowest BCUT2D eigenvalue weighted by Gasteiger charge is -2.16. The van der Waals surface area contributed by atoms with Gasteiger partial charge in [-0.3, -0.25) is 0 Å². The Morgan fingerprint density at radius 3 is 2.45 bits per heavy atom. The lowest BCUT2D eigenvalue weighted by molar-refractivity contribution is 0.627. The highest BCUT2D eigenvalue weighted by atomic mass is 32.1. The average molecular weight is 316 g/mol. The Morgan fingerprint density at radius 2 is 1.77 bits per heavy atom. The summed E-state index contributed by atoms with van der Waals surface area (Å²) in [6.07, 6.45) is 0.800. The van der Waals surface area contributed by atoms with Gasteiger partial charge in [-0.2, -0.15) is 0 Å². The molecule has 4 heteroatoms. The molecule has 2 aromatic carbocycles. The molecule has 0 saturated carbocycles. The number of hydrogen-bond acceptors (Lipinski definition) is 1. The van der Waals surface area contributed by atoms with Gasteiger partial charge in [-0.25, -0.2) is 4.39 Å². The molecule has 0 heterocycles. The number of rotatable bonds is 5. The SMILES string of the molecule is CC(C)c1ccccc1NC(=S)NCCc1ccc(F)cc1. The molecule has 0 aromatic heterocycles. The maximum atomic E-state index is 12.8. The molecule has 0 fully saturated rings. The van der Waals surface area contributed by atoms with E-state index in [0.29, 0.717) is 17.6 Å². The Morgan fingerprint density at radius 1 is 1.09 bits per heavy atom. The fraction of sp³-hybridized carbons (Fsp3) is 0.278. The zero-order valence-electron chi connectivity index (χ0n) is 12.9. The van der Waals surface area contributed by atoms with E-state index in [0.717, 1.165) is 17.7 Å². The third-order valence-electron chi connectivity index (χ3n) is 3.44. The van der Waals surface area contributed by atoms with Crippen molar-refractivity contribution in [1.82, 2.24) is 5.32 Å². The van der Waals surface area contributed by atoms with Gasteiger partial charge in [-0.15, -0.1) is 0 Å². The lowest BCUT2D eigenvalue weighted by atomic mass is 10.0. The fourth-order valence-electron chi connectivity index (χ4n) is 2.25. The third-order valence-corrected chi connectivity index (χ3v) is 3.69. The highest BCUT2D eigenvalue weighted by Gasteiger charge is 2.06. The van der Waals surface area contributed by atoms with Gasteiger partial charge in [-0.1, -0.05) is 44.2 Å². The van der Waals surface area contributed by atoms with Gasteiger partial charge in [0.2, 0.25) is 0 Å². The lowest BCUT2D eigenvalue weighted by Crippen LogP contribution is -2.30. The van der Waals surface area contributed by atoms with Crippen molar-refractivity contribution in [1.29, 1.82) is 0 Å². The van der Waals surface area contributed by atoms with Crippen molar-refractivity contribution in [2.24, 2.45) is 0 Å². The summed E-state index contributed by atoms with van der Waals surface area (Å²) in [7, 11) is 0. The molecule has 2 aromatic rings. The van der Waals surface area contributed by atoms with Gasteiger partial charge in [-0.05, 0) is 53.9 Å². The molecule has 116 valence electrons. The molecular weight excluding hydrogens is 295 g/mol. The third kappa shape index (κ3) is 4.81. The summed E-state index contributed by atoms with van der Waals surface area (Å²) in [5.74, 6) is 0.227. The molecule has 2 N–H and O–H groups in total. The summed E-state index contributed by atoms with van der Waals surface area (Å²) in [5, 5.41) is 7.04. The molecule has 0 spiro atoms. The van der Waals surface area contributed by atoms with Gasteiger partial charge >= 0.3 is 0 Å². The first-order valence-electron chi connectivity index (χ1n) is 7.44. The van der Waals surface area contributed by atoms with Crippen molar-refractivity contribution in [3.63, 3.8) is 0 Å². The zero-order chi connectivity index (χ0) is 15.9. The Balaban J connectivity index is 1.84. The zero-order valence-corrected chi connectivity index (χ0v) is 13.7. The molecule has 0 atom stereocenters. The summed E-state index contributed by atoms with van der Waals surface area (Å²) in [4.78, 5) is 0. The molecule has 0 amide bonds. The second-order valence-corrected chi connectivity index (χ2v) is 5.91. The molecule has 0 bridgehead atoms. The van der Waals surface area contributed by atoms with Gasteiger partial charge in [0.05, 0.1) is 0 Å². The number of thiocarbonyl (C=S) groups is 1. The standard InChI is InChI=1S/C18H21FN2S/c1-13(2)16-5-3-4-6-17(16)21-18(22)20-12-11-14-7-9-15(19)10-8-14/h3-10,13H,11-12H2,1-2H3,(H2,20,21,22). The van der Waals surface area contributed by atoms with Gasteiger partial charge in [0.1, 0.15) is 5.82 Å². The van der Waals surface area contributed by atoms with Crippen LogP contribution in [0.5, 0.6) is 0 Å². The van der Waals surface area contributed by atoms with Crippen molar-refractivity contribution >= 4 is 23.0 Å². The van der Waals surface area contributed by atoms with Crippen molar-refractivity contribution in [3.05, 3.63) is 65.5 Å². The summed E-state index contributed by atoms with van der Waals surface area (Å²) in [5.41, 5.74) is 3.36. The number of nitrogens with one attached hydrogen (secondary N) is 2. The van der Waals surface area contributed by atoms with Crippen LogP contribution in [0, 0.1) is 5.82 Å². The van der Waals surface area contributed by atoms with Gasteiger partial charge in [0.15, 0.2) is 5.11 Å². The van der Waals surface area contributed by atoms with Crippen LogP contribution in [0.1, 0.15) is 30.9 Å². The molecule has 22 heavy (non-hydrogen) atoms. The second-order valence-electron chi connectivity index (χ2n) is 5.50. The van der Waals surface area contributed by atoms with E-state index < -0.39 is 0 Å². The van der Waals surface area contributed by atoms with E-state index in [-0.39, 0.29) is 5.82 Å². The number of benzene rings is 2. The molecular formula is C18H21FN2S. The average Bonchev–Trinajstić information content (AvgIpc) is 2.49. The van der Waals surface area contributed by atoms with Crippen LogP contribution >= 0.6 is 12.2 Å². The van der Waals surface area contributed by atoms with E-state index in [4.69, 9.17) is 12.2 Å². The van der Waals surface area contributed by atoms with Crippen LogP contribution < -0.4 is 10.6 Å². The van der Waals surface area contributed by atoms with E-state index in [9.17, 15) is 4.39 Å². The normalized spacial score (nSPS) is 10.5. The summed E-state index contributed by atoms with van der Waals surface area (Å²) in [6.45, 7) is 5.03. The molecule has 2 nitrogen and oxygen atoms in total. The Labute approximate surface area is 136 Å². The van der Waals surface area contributed by atoms with E-state index in [1.54, 1.807) is 12.1 Å². The number of halogens is 1. The number of hydrogen-bond donors (Lipinski definition) is 2. The highest BCUT2D eigenvalue weighted by Crippen LogP contribution is 2.23. The molecule has 0 unspecified atom stereocenters. The molecule has 2 rings (SSSR count). The van der Waals surface area contributed by atoms with Crippen molar-refractivity contribution in [2.75, 3.05) is 11.9 Å². The topological polar surface area (TPSA) is 24.1 Å². The molecule has 0 saturated heterocycles. The second kappa shape index (κ2) is 7.90. The molecule has 0 aliphatic rings. The smallest absolute Gasteiger partial charge is 0.170 e. The van der Waals surface area contributed by atoms with Crippen LogP contribution in [0.15, 0.2) is 48.5 Å². The van der Waals surface area contributed by atoms with Gasteiger partial charge < -0.3 is 10.6 Å². The number of anilines is 1. The summed E-state index contributed by atoms with van der Waals surface area (Å²) < 4.78 is 12.8. The molecule has 0 aliphatic carbocycles. The highest BCUT2D eigenvalue weighted by molar-refractivity contribution is 7.80. The van der Waals surface area contributed by atoms with Crippen LogP contribution in [-0.2, 0) is 6.42 Å². The fourth-order valence-corrected chi connectivity index (χ4v) is 2.46. The first-order valence-corrected chi connectivity index (χ1v) is 7.85. The largest absolute Gasteiger partial charge is 0.362 e. The van der Waals surface area contributed by atoms with E-state index in [1.165, 1.54) is 17.7 Å². The maximum Gasteiger partial charge on any atom is 0.170 e. The predicted octanol–water partition coefficient (Wildman–Crippen LogP) is 4.48. The van der Waals surface area contributed by atoms with Crippen molar-refractivity contribution in [3.8, 4) is 0 Å². The quantitative estimate of drug-likeness (QED) is 0.795. The number of para-hydroxylation sites is 1. The Bertz CT molecular complexity index is 623. The summed E-state index contributed by atoms with van der Waals surface area (Å²) >= 11 is 5.34. The minimum absolute atomic E-state index is 0.209. The van der Waals surface area contributed by atoms with Crippen LogP contribution in [0.3, 0.4) is 0 Å². The van der Waals surface area contributed by atoms with E-state index in [1.807, 2.05) is 18.2 Å². The predicted molar refractivity (Wildman–Crippen MR) is 94.9 cm³/mol. The molecule has 0 aliphatic heterocycles. The van der Waals surface area contributed by atoms with E-state index in [2.05, 4.69) is 30.5 Å². The Kier molecular flexibility index (Phi) is 5.90. The van der Waals surface area contributed by atoms with Crippen molar-refractivity contribution in [2.45, 2.75) is 26.2 Å². The van der Waals surface area contributed by atoms with Crippen LogP contribution in [0.25, 0.3) is 0 Å². The minimum Gasteiger partial charge on any atom is -0.362 e. The van der Waals surface area contributed by atoms with Crippen LogP contribution in [-0.4, -0.2) is 11.7 Å². The van der Waals surface area contributed by atoms with Crippen LogP contribution in [0.2, 0.25) is 0 Å². The maximum absolute atomic E-state index is 12.8. The van der Waals surface area contributed by atoms with Gasteiger partial charge in [0.25, 0.3) is 0 Å². The first-order chi connectivity index (χ1) is 10.6. The first kappa shape index (κ1) is 16.4.